The molecule has 0 aliphatic heterocycles. The molecule has 0 saturated heterocycles. The minimum absolute atomic E-state index is 0.0795. The van der Waals surface area contributed by atoms with Crippen molar-refractivity contribution in [3.63, 3.8) is 0 Å². The van der Waals surface area contributed by atoms with Gasteiger partial charge in [0.05, 0.1) is 0 Å². The lowest BCUT2D eigenvalue weighted by molar-refractivity contribution is 0.395. The Morgan fingerprint density at radius 2 is 0.754 bits per heavy atom. The van der Waals surface area contributed by atoms with Gasteiger partial charge in [0.15, 0.2) is 0 Å². The average molecular weight is 976 g/mol. The van der Waals surface area contributed by atoms with Crippen LogP contribution in [-0.4, -0.2) is 0 Å². The predicted molar refractivity (Wildman–Crippen MR) is 305 cm³/mol. The highest BCUT2D eigenvalue weighted by Gasteiger charge is 2.43. The summed E-state index contributed by atoms with van der Waals surface area (Å²) in [5.74, 6) is 0. The molecule has 6 aromatic carbocycles. The van der Waals surface area contributed by atoms with Crippen molar-refractivity contribution in [2.75, 3.05) is 0 Å². The summed E-state index contributed by atoms with van der Waals surface area (Å²) in [6.07, 6.45) is 24.6. The van der Waals surface area contributed by atoms with Gasteiger partial charge in [-0.25, -0.2) is 0 Å². The summed E-state index contributed by atoms with van der Waals surface area (Å²) in [4.78, 5) is 0. The zero-order chi connectivity index (χ0) is 48.7. The van der Waals surface area contributed by atoms with E-state index in [1.807, 2.05) is 0 Å². The molecule has 9 rings (SSSR count). The molecular weight excluding hydrogens is 897 g/mol. The largest absolute Gasteiger partial charge is 0.0845 e. The van der Waals surface area contributed by atoms with E-state index in [2.05, 4.69) is 200 Å². The van der Waals surface area contributed by atoms with Crippen molar-refractivity contribution in [2.24, 2.45) is 0 Å². The number of unbranched alkanes of at least 4 members (excludes halogenated alkanes) is 10. The molecule has 0 saturated carbocycles. The van der Waals surface area contributed by atoms with E-state index in [0.29, 0.717) is 0 Å². The van der Waals surface area contributed by atoms with E-state index in [9.17, 15) is 0 Å². The van der Waals surface area contributed by atoms with Gasteiger partial charge in [-0.1, -0.05) is 226 Å². The molecule has 3 aliphatic carbocycles. The van der Waals surface area contributed by atoms with E-state index in [-0.39, 0.29) is 16.2 Å². The maximum atomic E-state index is 3.78. The monoisotopic (exact) mass is 975 g/mol. The average Bonchev–Trinajstić information content (AvgIpc) is 3.82. The molecule has 0 atom stereocenters. The van der Waals surface area contributed by atoms with Crippen LogP contribution >= 0.6 is 15.9 Å². The molecule has 0 aromatic heterocycles. The smallest absolute Gasteiger partial charge is 0.0234 e. The molecule has 0 heterocycles. The van der Waals surface area contributed by atoms with E-state index in [0.717, 1.165) is 6.42 Å². The summed E-state index contributed by atoms with van der Waals surface area (Å²) >= 11 is 3.78. The Morgan fingerprint density at radius 1 is 0.406 bits per heavy atom. The number of aryl methyl sites for hydroxylation is 2. The lowest BCUT2D eigenvalue weighted by Crippen LogP contribution is -2.26. The number of halogens is 1. The number of rotatable bonds is 19. The molecule has 0 radical (unpaired) electrons. The van der Waals surface area contributed by atoms with Crippen LogP contribution in [0.4, 0.5) is 0 Å². The number of fused-ring (bicyclic) bond motifs is 7. The van der Waals surface area contributed by atoms with E-state index in [4.69, 9.17) is 0 Å². The number of allylic oxidation sites excluding steroid dienone is 4. The second kappa shape index (κ2) is 20.2. The van der Waals surface area contributed by atoms with Gasteiger partial charge in [0.1, 0.15) is 0 Å². The van der Waals surface area contributed by atoms with Gasteiger partial charge in [0.2, 0.25) is 0 Å². The topological polar surface area (TPSA) is 0 Å². The van der Waals surface area contributed by atoms with Crippen molar-refractivity contribution in [1.82, 2.24) is 0 Å². The maximum Gasteiger partial charge on any atom is 0.0234 e. The highest BCUT2D eigenvalue weighted by atomic mass is 79.9. The third-order valence-corrected chi connectivity index (χ3v) is 18.3. The molecule has 0 fully saturated rings. The molecular formula is C68H79Br. The zero-order valence-electron chi connectivity index (χ0n) is 44.0. The Hall–Kier alpha value is -4.72. The van der Waals surface area contributed by atoms with Crippen molar-refractivity contribution in [1.29, 1.82) is 0 Å². The molecule has 3 aliphatic rings. The third kappa shape index (κ3) is 9.02. The van der Waals surface area contributed by atoms with Gasteiger partial charge in [-0.3, -0.25) is 0 Å². The summed E-state index contributed by atoms with van der Waals surface area (Å²) in [5.41, 5.74) is 27.6. The van der Waals surface area contributed by atoms with E-state index >= 15 is 0 Å². The minimum atomic E-state index is -0.130. The van der Waals surface area contributed by atoms with Gasteiger partial charge < -0.3 is 0 Å². The van der Waals surface area contributed by atoms with Crippen LogP contribution < -0.4 is 0 Å². The van der Waals surface area contributed by atoms with Crippen molar-refractivity contribution in [2.45, 2.75) is 182 Å². The summed E-state index contributed by atoms with van der Waals surface area (Å²) in [7, 11) is 0. The van der Waals surface area contributed by atoms with Crippen LogP contribution in [0.1, 0.15) is 196 Å². The van der Waals surface area contributed by atoms with E-state index in [1.165, 1.54) is 195 Å². The summed E-state index contributed by atoms with van der Waals surface area (Å²) < 4.78 is 1.20. The molecule has 69 heavy (non-hydrogen) atoms. The first-order valence-electron chi connectivity index (χ1n) is 27.1. The molecule has 0 nitrogen and oxygen atoms in total. The van der Waals surface area contributed by atoms with Crippen molar-refractivity contribution < 1.29 is 0 Å². The SMILES string of the molecule is CC/C=C\C1=C(C)c2ccc(-c3ccc4c(c3)C(C)(C)c3cc(-c5ccc6c(c5)C(C)(C)c5cc(-c7cc(C)c(Br)c(C)c7)ccc5-6)ccc3-4)cc2C1(CCCCCCCC)CCCCCCCC. The van der Waals surface area contributed by atoms with Gasteiger partial charge in [0.25, 0.3) is 0 Å². The maximum absolute atomic E-state index is 3.78. The van der Waals surface area contributed by atoms with Gasteiger partial charge in [-0.2, -0.15) is 0 Å². The fraction of sp³-hybridized carbons (Fsp3) is 0.412. The molecule has 6 aromatic rings. The van der Waals surface area contributed by atoms with Crippen molar-refractivity contribution in [3.8, 4) is 55.6 Å². The normalized spacial score (nSPS) is 15.7. The second-order valence-electron chi connectivity index (χ2n) is 22.4. The minimum Gasteiger partial charge on any atom is -0.0845 e. The lowest BCUT2D eigenvalue weighted by Gasteiger charge is -2.34. The third-order valence-electron chi connectivity index (χ3n) is 17.1. The van der Waals surface area contributed by atoms with Crippen LogP contribution in [0.15, 0.2) is 125 Å². The van der Waals surface area contributed by atoms with E-state index in [1.54, 1.807) is 11.1 Å². The molecule has 0 spiro atoms. The Balaban J connectivity index is 1.02. The summed E-state index contributed by atoms with van der Waals surface area (Å²) in [6, 6.07) is 41.3. The first kappa shape index (κ1) is 49.3. The first-order valence-corrected chi connectivity index (χ1v) is 27.9. The van der Waals surface area contributed by atoms with Crippen LogP contribution in [0.25, 0.3) is 61.2 Å². The fourth-order valence-electron chi connectivity index (χ4n) is 13.0. The van der Waals surface area contributed by atoms with Gasteiger partial charge in [-0.05, 0) is 182 Å². The highest BCUT2D eigenvalue weighted by molar-refractivity contribution is 9.10. The summed E-state index contributed by atoms with van der Waals surface area (Å²) in [6.45, 7) is 23.5. The first-order chi connectivity index (χ1) is 33.2. The molecule has 0 N–H and O–H groups in total. The van der Waals surface area contributed by atoms with Gasteiger partial charge >= 0.3 is 0 Å². The molecule has 0 bridgehead atoms. The Labute approximate surface area is 426 Å². The van der Waals surface area contributed by atoms with Crippen molar-refractivity contribution in [3.05, 3.63) is 170 Å². The molecule has 358 valence electrons. The molecule has 0 amide bonds. The number of hydrogen-bond donors (Lipinski definition) is 0. The van der Waals surface area contributed by atoms with E-state index < -0.39 is 0 Å². The van der Waals surface area contributed by atoms with Crippen LogP contribution in [-0.2, 0) is 16.2 Å². The zero-order valence-corrected chi connectivity index (χ0v) is 45.5. The predicted octanol–water partition coefficient (Wildman–Crippen LogP) is 21.2. The fourth-order valence-corrected chi connectivity index (χ4v) is 13.2. The van der Waals surface area contributed by atoms with Crippen LogP contribution in [0.3, 0.4) is 0 Å². The second-order valence-corrected chi connectivity index (χ2v) is 23.2. The van der Waals surface area contributed by atoms with Crippen LogP contribution in [0, 0.1) is 13.8 Å². The molecule has 0 unspecified atom stereocenters. The Bertz CT molecular complexity index is 2900. The highest BCUT2D eigenvalue weighted by Crippen LogP contribution is 2.56. The summed E-state index contributed by atoms with van der Waals surface area (Å²) in [5, 5.41) is 0. The Morgan fingerprint density at radius 3 is 1.14 bits per heavy atom. The standard InChI is InChI=1S/C68H79Br/c1-11-14-17-19-21-23-36-68(37-24-22-20-18-15-12-2)59(25-16-13-3)47(6)54-31-26-51(44-64(54)68)50-29-34-56-55-32-27-48(40-60(55)66(7,8)62(56)42-50)49-28-33-57-58-35-30-52(43-63(58)67(9,10)61(57)41-49)53-38-45(4)65(69)46(5)39-53/h16,25-35,38-44H,11-15,17-24,36-37H2,1-10H3/b25-16-. The van der Waals surface area contributed by atoms with Gasteiger partial charge in [0, 0.05) is 20.7 Å². The number of hydrogen-bond acceptors (Lipinski definition) is 0. The van der Waals surface area contributed by atoms with Crippen LogP contribution in [0.5, 0.6) is 0 Å². The van der Waals surface area contributed by atoms with Crippen LogP contribution in [0.2, 0.25) is 0 Å². The Kier molecular flexibility index (Phi) is 14.4. The molecule has 1 heteroatoms. The lowest BCUT2D eigenvalue weighted by atomic mass is 9.69. The van der Waals surface area contributed by atoms with Crippen molar-refractivity contribution >= 4 is 21.5 Å². The quantitative estimate of drug-likeness (QED) is 0.0710. The van der Waals surface area contributed by atoms with Gasteiger partial charge in [-0.15, -0.1) is 0 Å². The number of benzene rings is 6.